The fourth-order valence-electron chi connectivity index (χ4n) is 3.41. The maximum atomic E-state index is 5.70. The highest BCUT2D eigenvalue weighted by atomic mass is 32.1. The first-order chi connectivity index (χ1) is 15.1. The van der Waals surface area contributed by atoms with Gasteiger partial charge in [0.2, 0.25) is 12.7 Å². The molecule has 1 unspecified atom stereocenters. The predicted molar refractivity (Wildman–Crippen MR) is 123 cm³/mol. The smallest absolute Gasteiger partial charge is 0.237 e. The van der Waals surface area contributed by atoms with Crippen LogP contribution in [-0.2, 0) is 6.42 Å². The highest BCUT2D eigenvalue weighted by molar-refractivity contribution is 7.80. The molecule has 2 N–H and O–H groups in total. The van der Waals surface area contributed by atoms with E-state index in [9.17, 15) is 0 Å². The van der Waals surface area contributed by atoms with Gasteiger partial charge < -0.3 is 20.1 Å². The number of nitrogens with zero attached hydrogens (tertiary/aromatic N) is 4. The van der Waals surface area contributed by atoms with Crippen molar-refractivity contribution in [3.05, 3.63) is 54.2 Å². The summed E-state index contributed by atoms with van der Waals surface area (Å²) >= 11 is 5.70. The fourth-order valence-corrected chi connectivity index (χ4v) is 3.68. The lowest BCUT2D eigenvalue weighted by Gasteiger charge is -2.21. The second-order valence-corrected chi connectivity index (χ2v) is 7.82. The molecule has 1 aliphatic rings. The molecule has 31 heavy (non-hydrogen) atoms. The molecule has 0 saturated heterocycles. The van der Waals surface area contributed by atoms with Crippen molar-refractivity contribution < 1.29 is 9.47 Å². The summed E-state index contributed by atoms with van der Waals surface area (Å²) in [6, 6.07) is 7.95. The second-order valence-electron chi connectivity index (χ2n) is 7.38. The first-order valence-corrected chi connectivity index (χ1v) is 10.8. The van der Waals surface area contributed by atoms with Gasteiger partial charge in [-0.1, -0.05) is 31.6 Å². The first-order valence-electron chi connectivity index (χ1n) is 10.4. The number of fused-ring (bicyclic) bond motifs is 1. The molecular formula is C22H26N6O2S. The summed E-state index contributed by atoms with van der Waals surface area (Å²) in [6.45, 7) is 5.12. The van der Waals surface area contributed by atoms with E-state index in [2.05, 4.69) is 38.6 Å². The number of imidazole rings is 1. The van der Waals surface area contributed by atoms with E-state index in [4.69, 9.17) is 21.7 Å². The number of aryl methyl sites for hydroxylation is 1. The van der Waals surface area contributed by atoms with Crippen LogP contribution in [-0.4, -0.2) is 43.9 Å². The zero-order valence-electron chi connectivity index (χ0n) is 17.7. The van der Waals surface area contributed by atoms with E-state index in [-0.39, 0.29) is 12.8 Å². The van der Waals surface area contributed by atoms with E-state index in [0.29, 0.717) is 5.95 Å². The lowest BCUT2D eigenvalue weighted by atomic mass is 10.1. The van der Waals surface area contributed by atoms with Crippen LogP contribution in [0.15, 0.2) is 43.0 Å². The van der Waals surface area contributed by atoms with Crippen molar-refractivity contribution in [2.45, 2.75) is 39.2 Å². The Morgan fingerprint density at radius 1 is 1.23 bits per heavy atom. The number of ether oxygens (including phenoxy) is 2. The summed E-state index contributed by atoms with van der Waals surface area (Å²) in [5, 5.41) is 6.88. The van der Waals surface area contributed by atoms with E-state index in [0.717, 1.165) is 53.8 Å². The molecular weight excluding hydrogens is 412 g/mol. The summed E-state index contributed by atoms with van der Waals surface area (Å²) in [6.07, 6.45) is 7.96. The van der Waals surface area contributed by atoms with E-state index in [1.54, 1.807) is 17.1 Å². The number of nitrogens with one attached hydrogen (secondary N) is 2. The maximum absolute atomic E-state index is 5.70. The molecule has 0 amide bonds. The van der Waals surface area contributed by atoms with Crippen molar-refractivity contribution in [3.8, 4) is 17.4 Å². The number of thiocarbonyl (C=S) groups is 1. The standard InChI is InChI=1S/C22H26N6O2S/c1-3-4-17(26-20-11-15(2)25-22(27-20)28-10-9-23-13-28)21(31)24-8-7-16-5-6-18-19(12-16)30-14-29-18/h5-6,9-13,17H,3-4,7-8,14H2,1-2H3,(H,24,31)(H,25,26,27). The molecule has 9 heteroatoms. The molecule has 1 aliphatic heterocycles. The third-order valence-corrected chi connectivity index (χ3v) is 5.37. The Kier molecular flexibility index (Phi) is 6.61. The molecule has 0 spiro atoms. The van der Waals surface area contributed by atoms with Gasteiger partial charge in [-0.05, 0) is 37.5 Å². The van der Waals surface area contributed by atoms with Gasteiger partial charge in [-0.15, -0.1) is 0 Å². The summed E-state index contributed by atoms with van der Waals surface area (Å²) in [5.74, 6) is 2.93. The Morgan fingerprint density at radius 3 is 2.90 bits per heavy atom. The second kappa shape index (κ2) is 9.74. The quantitative estimate of drug-likeness (QED) is 0.492. The van der Waals surface area contributed by atoms with Gasteiger partial charge in [-0.2, -0.15) is 4.98 Å². The summed E-state index contributed by atoms with van der Waals surface area (Å²) in [5.41, 5.74) is 2.05. The molecule has 8 nitrogen and oxygen atoms in total. The molecule has 1 aromatic carbocycles. The van der Waals surface area contributed by atoms with Crippen LogP contribution < -0.4 is 20.1 Å². The van der Waals surface area contributed by atoms with Crippen LogP contribution in [0.2, 0.25) is 0 Å². The fraction of sp³-hybridized carbons (Fsp3) is 0.364. The van der Waals surface area contributed by atoms with E-state index in [1.807, 2.05) is 31.3 Å². The maximum Gasteiger partial charge on any atom is 0.237 e. The molecule has 0 aliphatic carbocycles. The van der Waals surface area contributed by atoms with Crippen molar-refractivity contribution in [2.75, 3.05) is 18.7 Å². The first kappa shape index (κ1) is 21.0. The van der Waals surface area contributed by atoms with E-state index >= 15 is 0 Å². The zero-order valence-corrected chi connectivity index (χ0v) is 18.5. The summed E-state index contributed by atoms with van der Waals surface area (Å²) in [4.78, 5) is 14.0. The Morgan fingerprint density at radius 2 is 2.10 bits per heavy atom. The molecule has 3 aromatic rings. The van der Waals surface area contributed by atoms with Gasteiger partial charge in [-0.25, -0.2) is 9.97 Å². The van der Waals surface area contributed by atoms with Gasteiger partial charge in [0.25, 0.3) is 0 Å². The van der Waals surface area contributed by atoms with Crippen LogP contribution in [0.5, 0.6) is 11.5 Å². The summed E-state index contributed by atoms with van der Waals surface area (Å²) in [7, 11) is 0. The molecule has 0 fully saturated rings. The van der Waals surface area contributed by atoms with Gasteiger partial charge in [0.1, 0.15) is 12.1 Å². The van der Waals surface area contributed by atoms with Crippen molar-refractivity contribution >= 4 is 23.0 Å². The Labute approximate surface area is 187 Å². The lowest BCUT2D eigenvalue weighted by molar-refractivity contribution is 0.174. The number of benzene rings is 1. The third kappa shape index (κ3) is 5.29. The van der Waals surface area contributed by atoms with Crippen LogP contribution in [0.3, 0.4) is 0 Å². The monoisotopic (exact) mass is 438 g/mol. The molecule has 3 heterocycles. The summed E-state index contributed by atoms with van der Waals surface area (Å²) < 4.78 is 12.6. The number of aromatic nitrogens is 4. The van der Waals surface area contributed by atoms with Crippen molar-refractivity contribution in [1.82, 2.24) is 24.8 Å². The van der Waals surface area contributed by atoms with Gasteiger partial charge >= 0.3 is 0 Å². The van der Waals surface area contributed by atoms with E-state index < -0.39 is 0 Å². The van der Waals surface area contributed by atoms with E-state index in [1.165, 1.54) is 5.56 Å². The number of hydrogen-bond acceptors (Lipinski definition) is 7. The Hall–Kier alpha value is -3.20. The minimum absolute atomic E-state index is 0.0123. The SMILES string of the molecule is CCCC(Nc1cc(C)nc(-n2ccnc2)n1)C(=S)NCCc1ccc2c(c1)OCO2. The minimum Gasteiger partial charge on any atom is -0.454 e. The highest BCUT2D eigenvalue weighted by Crippen LogP contribution is 2.32. The molecule has 0 radical (unpaired) electrons. The van der Waals surface area contributed by atoms with Gasteiger partial charge in [-0.3, -0.25) is 4.57 Å². The van der Waals surface area contributed by atoms with Gasteiger partial charge in [0.05, 0.1) is 11.0 Å². The largest absolute Gasteiger partial charge is 0.454 e. The Balaban J connectivity index is 1.37. The number of anilines is 1. The van der Waals surface area contributed by atoms with Crippen molar-refractivity contribution in [1.29, 1.82) is 0 Å². The van der Waals surface area contributed by atoms with Crippen LogP contribution in [0.25, 0.3) is 5.95 Å². The van der Waals surface area contributed by atoms with Crippen molar-refractivity contribution in [2.24, 2.45) is 0 Å². The molecule has 1 atom stereocenters. The Bertz CT molecular complexity index is 1040. The van der Waals surface area contributed by atoms with Crippen LogP contribution in [0.1, 0.15) is 31.0 Å². The minimum atomic E-state index is -0.0123. The normalized spacial score (nSPS) is 13.1. The molecule has 0 bridgehead atoms. The van der Waals surface area contributed by atoms with Crippen LogP contribution in [0, 0.1) is 6.92 Å². The predicted octanol–water partition coefficient (Wildman–Crippen LogP) is 3.44. The number of rotatable bonds is 9. The zero-order chi connectivity index (χ0) is 21.6. The molecule has 4 rings (SSSR count). The van der Waals surface area contributed by atoms with Crippen LogP contribution >= 0.6 is 12.2 Å². The molecule has 162 valence electrons. The average molecular weight is 439 g/mol. The topological polar surface area (TPSA) is 86.1 Å². The van der Waals surface area contributed by atoms with Gasteiger partial charge in [0, 0.05) is 30.7 Å². The highest BCUT2D eigenvalue weighted by Gasteiger charge is 2.16. The van der Waals surface area contributed by atoms with Crippen LogP contribution in [0.4, 0.5) is 5.82 Å². The van der Waals surface area contributed by atoms with Crippen molar-refractivity contribution in [3.63, 3.8) is 0 Å². The number of hydrogen-bond donors (Lipinski definition) is 2. The third-order valence-electron chi connectivity index (χ3n) is 4.94. The molecule has 2 aromatic heterocycles. The average Bonchev–Trinajstić information content (AvgIpc) is 3.45. The molecule has 0 saturated carbocycles. The van der Waals surface area contributed by atoms with Gasteiger partial charge in [0.15, 0.2) is 11.5 Å². The lowest BCUT2D eigenvalue weighted by Crippen LogP contribution is -2.39.